The summed E-state index contributed by atoms with van der Waals surface area (Å²) in [6.45, 7) is 27.3. The number of nitrogen functional groups attached to an aromatic ring is 1. The second-order valence-electron chi connectivity index (χ2n) is 15.7. The monoisotopic (exact) mass is 625 g/mol. The van der Waals surface area contributed by atoms with Crippen LogP contribution in [-0.4, -0.2) is 0 Å². The van der Waals surface area contributed by atoms with Crippen LogP contribution in [0.15, 0.2) is 89.4 Å². The van der Waals surface area contributed by atoms with Gasteiger partial charge in [-0.1, -0.05) is 160 Å². The van der Waals surface area contributed by atoms with E-state index in [0.717, 1.165) is 10.2 Å². The van der Waals surface area contributed by atoms with Crippen LogP contribution in [0.25, 0.3) is 22.3 Å². The summed E-state index contributed by atoms with van der Waals surface area (Å²) in [7, 11) is 0. The highest BCUT2D eigenvalue weighted by molar-refractivity contribution is 9.10. The summed E-state index contributed by atoms with van der Waals surface area (Å²) < 4.78 is 1.12. The molecule has 0 amide bonds. The minimum absolute atomic E-state index is 0.143. The van der Waals surface area contributed by atoms with E-state index in [2.05, 4.69) is 172 Å². The number of benzene rings is 4. The number of nitrogens with two attached hydrogens (primary N) is 1. The van der Waals surface area contributed by atoms with E-state index in [9.17, 15) is 0 Å². The average molecular weight is 627 g/mol. The van der Waals surface area contributed by atoms with E-state index in [1.54, 1.807) is 0 Å². The fourth-order valence-corrected chi connectivity index (χ4v) is 4.90. The van der Waals surface area contributed by atoms with Crippen molar-refractivity contribution in [1.82, 2.24) is 0 Å². The van der Waals surface area contributed by atoms with Gasteiger partial charge in [0, 0.05) is 10.2 Å². The van der Waals surface area contributed by atoms with Crippen LogP contribution in [0.2, 0.25) is 0 Å². The Morgan fingerprint density at radius 1 is 0.381 bits per heavy atom. The SMILES string of the molecule is CC(C)(C)c1cc(-c2ccc(Br)cc2)cc(C(C)(C)C)c1.CC(C)(C)c1cc(-c2ccc(N)cc2)cc(C(C)(C)C)c1. The molecule has 224 valence electrons. The quantitative estimate of drug-likeness (QED) is 0.220. The Hall–Kier alpha value is -2.84. The van der Waals surface area contributed by atoms with Crippen LogP contribution in [0.4, 0.5) is 5.69 Å². The molecule has 2 N–H and O–H groups in total. The summed E-state index contributed by atoms with van der Waals surface area (Å²) in [6.07, 6.45) is 0. The zero-order valence-electron chi connectivity index (χ0n) is 28.0. The highest BCUT2D eigenvalue weighted by atomic mass is 79.9. The van der Waals surface area contributed by atoms with E-state index < -0.39 is 0 Å². The van der Waals surface area contributed by atoms with Crippen molar-refractivity contribution in [1.29, 1.82) is 0 Å². The van der Waals surface area contributed by atoms with Gasteiger partial charge in [0.2, 0.25) is 0 Å². The summed E-state index contributed by atoms with van der Waals surface area (Å²) in [5, 5.41) is 0. The Balaban J connectivity index is 0.000000230. The lowest BCUT2D eigenvalue weighted by Crippen LogP contribution is -2.16. The van der Waals surface area contributed by atoms with E-state index in [-0.39, 0.29) is 21.7 Å². The second-order valence-corrected chi connectivity index (χ2v) is 16.6. The Morgan fingerprint density at radius 3 is 0.905 bits per heavy atom. The number of hydrogen-bond acceptors (Lipinski definition) is 1. The molecule has 4 aromatic carbocycles. The molecule has 4 rings (SSSR count). The highest BCUT2D eigenvalue weighted by Crippen LogP contribution is 2.35. The van der Waals surface area contributed by atoms with Crippen LogP contribution in [0, 0.1) is 0 Å². The Kier molecular flexibility index (Phi) is 9.95. The molecule has 0 aliphatic rings. The molecular formula is C40H52BrN. The minimum atomic E-state index is 0.143. The molecule has 0 aliphatic heterocycles. The molecule has 0 saturated carbocycles. The largest absolute Gasteiger partial charge is 0.399 e. The first kappa shape index (κ1) is 33.7. The van der Waals surface area contributed by atoms with E-state index in [1.165, 1.54) is 44.5 Å². The number of hydrogen-bond donors (Lipinski definition) is 1. The molecule has 0 heterocycles. The zero-order valence-corrected chi connectivity index (χ0v) is 29.6. The van der Waals surface area contributed by atoms with Crippen LogP contribution >= 0.6 is 15.9 Å². The fourth-order valence-electron chi connectivity index (χ4n) is 4.64. The van der Waals surface area contributed by atoms with Crippen molar-refractivity contribution in [2.45, 2.75) is 105 Å². The molecule has 0 bridgehead atoms. The van der Waals surface area contributed by atoms with Crippen molar-refractivity contribution < 1.29 is 0 Å². The standard InChI is InChI=1S/C20H25Br.C20H27N/c2*1-19(2,3)16-11-15(12-17(13-16)20(4,5)6)14-7-9-18(21)10-8-14/h7-13H,1-6H3;7-13H,21H2,1-6H3. The minimum Gasteiger partial charge on any atom is -0.399 e. The van der Waals surface area contributed by atoms with Crippen LogP contribution in [0.5, 0.6) is 0 Å². The number of anilines is 1. The molecule has 2 heteroatoms. The molecule has 0 aliphatic carbocycles. The summed E-state index contributed by atoms with van der Waals surface area (Å²) >= 11 is 3.51. The third kappa shape index (κ3) is 9.08. The van der Waals surface area contributed by atoms with Crippen LogP contribution in [0.3, 0.4) is 0 Å². The Labute approximate surface area is 265 Å². The van der Waals surface area contributed by atoms with E-state index >= 15 is 0 Å². The summed E-state index contributed by atoms with van der Waals surface area (Å²) in [5.74, 6) is 0. The maximum Gasteiger partial charge on any atom is 0.0314 e. The van der Waals surface area contributed by atoms with Crippen molar-refractivity contribution in [3.63, 3.8) is 0 Å². The first-order valence-electron chi connectivity index (χ1n) is 15.1. The topological polar surface area (TPSA) is 26.0 Å². The maximum atomic E-state index is 5.80. The van der Waals surface area contributed by atoms with Crippen LogP contribution < -0.4 is 5.73 Å². The summed E-state index contributed by atoms with van der Waals surface area (Å²) in [4.78, 5) is 0. The molecule has 0 atom stereocenters. The molecule has 0 fully saturated rings. The molecule has 0 unspecified atom stereocenters. The van der Waals surface area contributed by atoms with Crippen LogP contribution in [-0.2, 0) is 21.7 Å². The molecule has 0 saturated heterocycles. The van der Waals surface area contributed by atoms with Gasteiger partial charge in [-0.2, -0.15) is 0 Å². The van der Waals surface area contributed by atoms with Gasteiger partial charge in [-0.15, -0.1) is 0 Å². The van der Waals surface area contributed by atoms with Crippen LogP contribution in [0.1, 0.15) is 105 Å². The van der Waals surface area contributed by atoms with Crippen molar-refractivity contribution >= 4 is 21.6 Å². The van der Waals surface area contributed by atoms with E-state index in [4.69, 9.17) is 5.73 Å². The van der Waals surface area contributed by atoms with Gasteiger partial charge in [0.05, 0.1) is 0 Å². The van der Waals surface area contributed by atoms with Crippen molar-refractivity contribution in [2.75, 3.05) is 5.73 Å². The van der Waals surface area contributed by atoms with E-state index in [0.29, 0.717) is 0 Å². The van der Waals surface area contributed by atoms with Gasteiger partial charge in [-0.05, 0) is 90.4 Å². The van der Waals surface area contributed by atoms with Gasteiger partial charge in [-0.25, -0.2) is 0 Å². The molecule has 0 radical (unpaired) electrons. The lowest BCUT2D eigenvalue weighted by molar-refractivity contribution is 0.568. The van der Waals surface area contributed by atoms with Crippen molar-refractivity contribution in [3.8, 4) is 22.3 Å². The second kappa shape index (κ2) is 12.4. The van der Waals surface area contributed by atoms with Gasteiger partial charge >= 0.3 is 0 Å². The zero-order chi connectivity index (χ0) is 31.7. The Bertz CT molecular complexity index is 1300. The van der Waals surface area contributed by atoms with Gasteiger partial charge in [0.25, 0.3) is 0 Å². The Morgan fingerprint density at radius 2 is 0.643 bits per heavy atom. The molecule has 4 aromatic rings. The number of rotatable bonds is 2. The van der Waals surface area contributed by atoms with Gasteiger partial charge in [0.1, 0.15) is 0 Å². The van der Waals surface area contributed by atoms with Gasteiger partial charge < -0.3 is 5.73 Å². The van der Waals surface area contributed by atoms with Gasteiger partial charge in [0.15, 0.2) is 0 Å². The summed E-state index contributed by atoms with van der Waals surface area (Å²) in [5.41, 5.74) is 17.8. The molecular weight excluding hydrogens is 574 g/mol. The first-order valence-corrected chi connectivity index (χ1v) is 15.9. The first-order chi connectivity index (χ1) is 19.1. The average Bonchev–Trinajstić information content (AvgIpc) is 2.87. The van der Waals surface area contributed by atoms with Crippen molar-refractivity contribution in [2.24, 2.45) is 0 Å². The summed E-state index contributed by atoms with van der Waals surface area (Å²) in [6, 6.07) is 30.7. The molecule has 0 aromatic heterocycles. The highest BCUT2D eigenvalue weighted by Gasteiger charge is 2.22. The normalized spacial score (nSPS) is 12.5. The third-order valence-corrected chi connectivity index (χ3v) is 8.28. The molecule has 1 nitrogen and oxygen atoms in total. The third-order valence-electron chi connectivity index (χ3n) is 7.75. The van der Waals surface area contributed by atoms with E-state index in [1.807, 2.05) is 12.1 Å². The predicted octanol–water partition coefficient (Wildman–Crippen LogP) is 12.2. The number of halogens is 1. The maximum absolute atomic E-state index is 5.80. The predicted molar refractivity (Wildman–Crippen MR) is 191 cm³/mol. The lowest BCUT2D eigenvalue weighted by atomic mass is 9.79. The molecule has 0 spiro atoms. The lowest BCUT2D eigenvalue weighted by Gasteiger charge is -2.26. The van der Waals surface area contributed by atoms with Gasteiger partial charge in [-0.3, -0.25) is 0 Å². The van der Waals surface area contributed by atoms with Crippen molar-refractivity contribution in [3.05, 3.63) is 112 Å². The fraction of sp³-hybridized carbons (Fsp3) is 0.400. The molecule has 42 heavy (non-hydrogen) atoms. The smallest absolute Gasteiger partial charge is 0.0314 e.